The van der Waals surface area contributed by atoms with Gasteiger partial charge in [-0.2, -0.15) is 13.2 Å². The molecule has 0 radical (unpaired) electrons. The molecule has 4 rings (SSSR count). The third-order valence-corrected chi connectivity index (χ3v) is 5.65. The topological polar surface area (TPSA) is 37.4 Å². The summed E-state index contributed by atoms with van der Waals surface area (Å²) >= 11 is 6.99. The van der Waals surface area contributed by atoms with Gasteiger partial charge in [0, 0.05) is 35.4 Å². The van der Waals surface area contributed by atoms with Gasteiger partial charge >= 0.3 is 6.18 Å². The van der Waals surface area contributed by atoms with Crippen molar-refractivity contribution in [2.75, 3.05) is 36.5 Å². The fourth-order valence-electron chi connectivity index (χ4n) is 3.07. The number of hydrogen-bond donors (Lipinski definition) is 1. The molecule has 29 heavy (non-hydrogen) atoms. The standard InChI is InChI=1S/C20H17ClF3N3OS/c21-17-6-3-14(11-16(17)20(22,23)24)25-19-26-18(12-29-19)13-1-4-15(5-2-13)27-7-9-28-10-8-27/h1-6,11-12H,7-10H2,(H,25,26). The number of rotatable bonds is 4. The summed E-state index contributed by atoms with van der Waals surface area (Å²) in [7, 11) is 0. The largest absolute Gasteiger partial charge is 0.417 e. The Labute approximate surface area is 174 Å². The van der Waals surface area contributed by atoms with Crippen molar-refractivity contribution in [1.29, 1.82) is 0 Å². The quantitative estimate of drug-likeness (QED) is 0.536. The first-order valence-electron chi connectivity index (χ1n) is 8.92. The van der Waals surface area contributed by atoms with Crippen LogP contribution in [-0.4, -0.2) is 31.3 Å². The highest BCUT2D eigenvalue weighted by atomic mass is 35.5. The second kappa shape index (κ2) is 8.22. The zero-order chi connectivity index (χ0) is 20.4. The predicted molar refractivity (Wildman–Crippen MR) is 110 cm³/mol. The fraction of sp³-hybridized carbons (Fsp3) is 0.250. The third-order valence-electron chi connectivity index (χ3n) is 4.57. The Bertz CT molecular complexity index is 985. The van der Waals surface area contributed by atoms with Gasteiger partial charge < -0.3 is 15.0 Å². The third kappa shape index (κ3) is 4.66. The minimum Gasteiger partial charge on any atom is -0.378 e. The monoisotopic (exact) mass is 439 g/mol. The molecule has 2 heterocycles. The molecular weight excluding hydrogens is 423 g/mol. The van der Waals surface area contributed by atoms with Gasteiger partial charge in [0.25, 0.3) is 0 Å². The molecule has 0 unspecified atom stereocenters. The maximum absolute atomic E-state index is 13.0. The molecule has 1 aliphatic heterocycles. The van der Waals surface area contributed by atoms with E-state index in [1.807, 2.05) is 29.6 Å². The van der Waals surface area contributed by atoms with Crippen LogP contribution in [0.15, 0.2) is 47.8 Å². The summed E-state index contributed by atoms with van der Waals surface area (Å²) in [6.45, 7) is 3.18. The number of hydrogen-bond acceptors (Lipinski definition) is 5. The van der Waals surface area contributed by atoms with Crippen LogP contribution < -0.4 is 10.2 Å². The Balaban J connectivity index is 1.49. The maximum Gasteiger partial charge on any atom is 0.417 e. The SMILES string of the molecule is FC(F)(F)c1cc(Nc2nc(-c3ccc(N4CCOCC4)cc3)cs2)ccc1Cl. The molecule has 1 aliphatic rings. The Morgan fingerprint density at radius 1 is 1.07 bits per heavy atom. The van der Waals surface area contributed by atoms with Crippen LogP contribution in [0.25, 0.3) is 11.3 Å². The van der Waals surface area contributed by atoms with Crippen LogP contribution in [0, 0.1) is 0 Å². The van der Waals surface area contributed by atoms with Crippen molar-refractivity contribution in [3.8, 4) is 11.3 Å². The van der Waals surface area contributed by atoms with Crippen molar-refractivity contribution in [1.82, 2.24) is 4.98 Å². The molecule has 0 saturated carbocycles. The zero-order valence-electron chi connectivity index (χ0n) is 15.2. The van der Waals surface area contributed by atoms with E-state index >= 15 is 0 Å². The first-order valence-corrected chi connectivity index (χ1v) is 10.2. The molecule has 0 bridgehead atoms. The molecule has 4 nitrogen and oxygen atoms in total. The number of morpholine rings is 1. The number of anilines is 3. The van der Waals surface area contributed by atoms with E-state index in [2.05, 4.69) is 15.2 Å². The number of benzene rings is 2. The van der Waals surface area contributed by atoms with Crippen molar-refractivity contribution in [3.63, 3.8) is 0 Å². The van der Waals surface area contributed by atoms with E-state index in [0.29, 0.717) is 5.13 Å². The highest BCUT2D eigenvalue weighted by molar-refractivity contribution is 7.14. The fourth-order valence-corrected chi connectivity index (χ4v) is 4.04. The van der Waals surface area contributed by atoms with Gasteiger partial charge in [-0.05, 0) is 30.3 Å². The van der Waals surface area contributed by atoms with Gasteiger partial charge in [0.15, 0.2) is 5.13 Å². The molecule has 9 heteroatoms. The summed E-state index contributed by atoms with van der Waals surface area (Å²) in [4.78, 5) is 6.76. The zero-order valence-corrected chi connectivity index (χ0v) is 16.7. The minimum absolute atomic E-state index is 0.283. The summed E-state index contributed by atoms with van der Waals surface area (Å²) in [6, 6.07) is 11.8. The number of nitrogens with one attached hydrogen (secondary N) is 1. The molecule has 0 spiro atoms. The summed E-state index contributed by atoms with van der Waals surface area (Å²) in [6.07, 6.45) is -4.51. The smallest absolute Gasteiger partial charge is 0.378 e. The highest BCUT2D eigenvalue weighted by Gasteiger charge is 2.33. The van der Waals surface area contributed by atoms with Gasteiger partial charge in [0.1, 0.15) is 0 Å². The van der Waals surface area contributed by atoms with Crippen LogP contribution in [0.5, 0.6) is 0 Å². The van der Waals surface area contributed by atoms with Gasteiger partial charge in [-0.1, -0.05) is 23.7 Å². The lowest BCUT2D eigenvalue weighted by atomic mass is 10.1. The van der Waals surface area contributed by atoms with Crippen molar-refractivity contribution in [2.45, 2.75) is 6.18 Å². The molecule has 2 aromatic carbocycles. The Morgan fingerprint density at radius 3 is 2.48 bits per heavy atom. The van der Waals surface area contributed by atoms with Gasteiger partial charge in [-0.15, -0.1) is 11.3 Å². The predicted octanol–water partition coefficient (Wildman–Crippen LogP) is 6.06. The van der Waals surface area contributed by atoms with Crippen molar-refractivity contribution < 1.29 is 17.9 Å². The van der Waals surface area contributed by atoms with E-state index in [0.717, 1.165) is 49.3 Å². The Morgan fingerprint density at radius 2 is 1.79 bits per heavy atom. The van der Waals surface area contributed by atoms with E-state index < -0.39 is 11.7 Å². The van der Waals surface area contributed by atoms with Crippen LogP contribution in [0.3, 0.4) is 0 Å². The molecule has 1 saturated heterocycles. The van der Waals surface area contributed by atoms with Gasteiger partial charge in [0.05, 0.1) is 29.5 Å². The molecule has 0 aliphatic carbocycles. The lowest BCUT2D eigenvalue weighted by molar-refractivity contribution is -0.137. The summed E-state index contributed by atoms with van der Waals surface area (Å²) in [5.74, 6) is 0. The number of aromatic nitrogens is 1. The lowest BCUT2D eigenvalue weighted by Gasteiger charge is -2.28. The summed E-state index contributed by atoms with van der Waals surface area (Å²) in [5, 5.41) is 4.97. The number of thiazole rings is 1. The van der Waals surface area contributed by atoms with Gasteiger partial charge in [-0.3, -0.25) is 0 Å². The van der Waals surface area contributed by atoms with Crippen LogP contribution in [0.2, 0.25) is 5.02 Å². The molecule has 1 aromatic heterocycles. The van der Waals surface area contributed by atoms with Crippen LogP contribution in [0.1, 0.15) is 5.56 Å². The second-order valence-corrected chi connectivity index (χ2v) is 7.77. The number of nitrogens with zero attached hydrogens (tertiary/aromatic N) is 2. The van der Waals surface area contributed by atoms with E-state index in [-0.39, 0.29) is 10.7 Å². The normalized spacial score (nSPS) is 14.8. The summed E-state index contributed by atoms with van der Waals surface area (Å²) < 4.78 is 44.4. The molecule has 1 fully saturated rings. The van der Waals surface area contributed by atoms with E-state index in [1.165, 1.54) is 23.5 Å². The molecule has 152 valence electrons. The number of ether oxygens (including phenoxy) is 1. The Kier molecular flexibility index (Phi) is 5.67. The van der Waals surface area contributed by atoms with Crippen molar-refractivity contribution in [3.05, 3.63) is 58.4 Å². The first kappa shape index (κ1) is 20.0. The number of alkyl halides is 3. The van der Waals surface area contributed by atoms with E-state index in [9.17, 15) is 13.2 Å². The molecule has 1 N–H and O–H groups in total. The van der Waals surface area contributed by atoms with Crippen molar-refractivity contribution >= 4 is 39.4 Å². The average Bonchev–Trinajstić information content (AvgIpc) is 3.18. The summed E-state index contributed by atoms with van der Waals surface area (Å²) in [5.41, 5.74) is 2.24. The van der Waals surface area contributed by atoms with E-state index in [1.54, 1.807) is 0 Å². The molecule has 0 atom stereocenters. The van der Waals surface area contributed by atoms with Gasteiger partial charge in [0.2, 0.25) is 0 Å². The minimum atomic E-state index is -4.51. The molecule has 3 aromatic rings. The molecular formula is C20H17ClF3N3OS. The average molecular weight is 440 g/mol. The van der Waals surface area contributed by atoms with E-state index in [4.69, 9.17) is 16.3 Å². The van der Waals surface area contributed by atoms with Crippen LogP contribution in [0.4, 0.5) is 29.7 Å². The maximum atomic E-state index is 13.0. The molecule has 0 amide bonds. The second-order valence-electron chi connectivity index (χ2n) is 6.50. The van der Waals surface area contributed by atoms with Crippen LogP contribution in [-0.2, 0) is 10.9 Å². The Hall–Kier alpha value is -2.29. The highest BCUT2D eigenvalue weighted by Crippen LogP contribution is 2.37. The van der Waals surface area contributed by atoms with Crippen LogP contribution >= 0.6 is 22.9 Å². The van der Waals surface area contributed by atoms with Crippen molar-refractivity contribution in [2.24, 2.45) is 0 Å². The number of halogens is 4. The lowest BCUT2D eigenvalue weighted by Crippen LogP contribution is -2.36. The van der Waals surface area contributed by atoms with Gasteiger partial charge in [-0.25, -0.2) is 4.98 Å². The first-order chi connectivity index (χ1) is 13.9.